The molecular formula is C18H32O4. The minimum atomic E-state index is -0.660. The van der Waals surface area contributed by atoms with Crippen LogP contribution in [0.2, 0.25) is 0 Å². The molecule has 0 saturated carbocycles. The first-order valence-electron chi connectivity index (χ1n) is 8.40. The van der Waals surface area contributed by atoms with E-state index in [9.17, 15) is 9.59 Å². The van der Waals surface area contributed by atoms with Crippen LogP contribution in [0.3, 0.4) is 0 Å². The third-order valence-corrected chi connectivity index (χ3v) is 3.86. The van der Waals surface area contributed by atoms with Crippen molar-refractivity contribution in [1.29, 1.82) is 0 Å². The quantitative estimate of drug-likeness (QED) is 0.303. The third kappa shape index (κ3) is 10.4. The lowest BCUT2D eigenvalue weighted by Gasteiger charge is -2.24. The van der Waals surface area contributed by atoms with Crippen LogP contribution < -0.4 is 0 Å². The van der Waals surface area contributed by atoms with Gasteiger partial charge in [-0.05, 0) is 39.5 Å². The van der Waals surface area contributed by atoms with E-state index in [1.54, 1.807) is 0 Å². The number of esters is 1. The zero-order valence-corrected chi connectivity index (χ0v) is 14.4. The van der Waals surface area contributed by atoms with Crippen molar-refractivity contribution in [3.63, 3.8) is 0 Å². The maximum absolute atomic E-state index is 11.2. The molecule has 0 aliphatic heterocycles. The number of hydrogen-bond donors (Lipinski definition) is 1. The van der Waals surface area contributed by atoms with E-state index in [-0.39, 0.29) is 11.9 Å². The maximum Gasteiger partial charge on any atom is 0.330 e. The van der Waals surface area contributed by atoms with Crippen LogP contribution in [0.15, 0.2) is 12.7 Å². The van der Waals surface area contributed by atoms with E-state index in [1.165, 1.54) is 6.08 Å². The van der Waals surface area contributed by atoms with Crippen molar-refractivity contribution >= 4 is 11.9 Å². The Kier molecular flexibility index (Phi) is 10.6. The van der Waals surface area contributed by atoms with E-state index in [0.29, 0.717) is 0 Å². The highest BCUT2D eigenvalue weighted by Gasteiger charge is 2.20. The van der Waals surface area contributed by atoms with Gasteiger partial charge in [0.2, 0.25) is 0 Å². The Hall–Kier alpha value is -1.32. The molecule has 4 nitrogen and oxygen atoms in total. The Labute approximate surface area is 134 Å². The molecule has 0 radical (unpaired) electrons. The Balaban J connectivity index is 3.70. The van der Waals surface area contributed by atoms with Gasteiger partial charge in [-0.2, -0.15) is 0 Å². The van der Waals surface area contributed by atoms with E-state index in [0.717, 1.165) is 57.8 Å². The zero-order chi connectivity index (χ0) is 17.0. The fourth-order valence-corrected chi connectivity index (χ4v) is 2.58. The Morgan fingerprint density at radius 2 is 1.73 bits per heavy atom. The second-order valence-electron chi connectivity index (χ2n) is 6.52. The van der Waals surface area contributed by atoms with E-state index in [1.807, 2.05) is 20.8 Å². The first kappa shape index (κ1) is 20.7. The van der Waals surface area contributed by atoms with Crippen LogP contribution in [0.25, 0.3) is 0 Å². The molecule has 0 aliphatic rings. The predicted octanol–water partition coefficient (Wildman–Crippen LogP) is 4.73. The van der Waals surface area contributed by atoms with E-state index < -0.39 is 11.6 Å². The average molecular weight is 312 g/mol. The number of carbonyl (C=O) groups is 2. The third-order valence-electron chi connectivity index (χ3n) is 3.86. The van der Waals surface area contributed by atoms with Gasteiger partial charge in [-0.25, -0.2) is 4.79 Å². The standard InChI is InChI=1S/C18H32O4/c1-5-12-15(17(20)21)13-10-8-7-9-11-14-18(3,4)22-16(19)6-2/h6,15H,2,5,7-14H2,1,3-4H3,(H,20,21). The summed E-state index contributed by atoms with van der Waals surface area (Å²) in [6, 6.07) is 0. The normalized spacial score (nSPS) is 12.7. The molecule has 0 saturated heterocycles. The van der Waals surface area contributed by atoms with E-state index in [4.69, 9.17) is 9.84 Å². The van der Waals surface area contributed by atoms with Gasteiger partial charge in [0.1, 0.15) is 5.60 Å². The van der Waals surface area contributed by atoms with Gasteiger partial charge >= 0.3 is 11.9 Å². The van der Waals surface area contributed by atoms with Crippen molar-refractivity contribution in [2.24, 2.45) is 5.92 Å². The number of ether oxygens (including phenoxy) is 1. The Morgan fingerprint density at radius 3 is 2.27 bits per heavy atom. The van der Waals surface area contributed by atoms with Gasteiger partial charge in [0.05, 0.1) is 5.92 Å². The number of carboxylic acids is 1. The van der Waals surface area contributed by atoms with E-state index in [2.05, 4.69) is 6.58 Å². The van der Waals surface area contributed by atoms with Gasteiger partial charge in [0, 0.05) is 6.08 Å². The fraction of sp³-hybridized carbons (Fsp3) is 0.778. The monoisotopic (exact) mass is 312 g/mol. The van der Waals surface area contributed by atoms with Crippen molar-refractivity contribution in [2.45, 2.75) is 84.2 Å². The van der Waals surface area contributed by atoms with Crippen molar-refractivity contribution in [3.8, 4) is 0 Å². The van der Waals surface area contributed by atoms with Crippen LogP contribution in [0, 0.1) is 5.92 Å². The highest BCUT2D eigenvalue weighted by atomic mass is 16.6. The lowest BCUT2D eigenvalue weighted by atomic mass is 9.95. The summed E-state index contributed by atoms with van der Waals surface area (Å²) in [6.07, 6.45) is 9.75. The molecule has 0 spiro atoms. The molecule has 0 heterocycles. The molecule has 1 unspecified atom stereocenters. The number of carbonyl (C=O) groups excluding carboxylic acids is 1. The number of carboxylic acid groups (broad SMARTS) is 1. The average Bonchev–Trinajstić information content (AvgIpc) is 2.44. The molecule has 0 rings (SSSR count). The van der Waals surface area contributed by atoms with Gasteiger partial charge in [0.25, 0.3) is 0 Å². The fourth-order valence-electron chi connectivity index (χ4n) is 2.58. The summed E-state index contributed by atoms with van der Waals surface area (Å²) in [7, 11) is 0. The SMILES string of the molecule is C=CC(=O)OC(C)(C)CCCCCCCC(CCC)C(=O)O. The van der Waals surface area contributed by atoms with Gasteiger partial charge < -0.3 is 9.84 Å². The summed E-state index contributed by atoms with van der Waals surface area (Å²) in [5.41, 5.74) is -0.444. The number of hydrogen-bond acceptors (Lipinski definition) is 3. The lowest BCUT2D eigenvalue weighted by molar-refractivity contribution is -0.150. The van der Waals surface area contributed by atoms with Crippen LogP contribution in [-0.2, 0) is 14.3 Å². The maximum atomic E-state index is 11.2. The van der Waals surface area contributed by atoms with E-state index >= 15 is 0 Å². The summed E-state index contributed by atoms with van der Waals surface area (Å²) < 4.78 is 5.28. The summed E-state index contributed by atoms with van der Waals surface area (Å²) in [6.45, 7) is 9.25. The van der Waals surface area contributed by atoms with Crippen LogP contribution >= 0.6 is 0 Å². The van der Waals surface area contributed by atoms with Crippen molar-refractivity contribution in [3.05, 3.63) is 12.7 Å². The highest BCUT2D eigenvalue weighted by molar-refractivity contribution is 5.81. The smallest absolute Gasteiger partial charge is 0.330 e. The number of rotatable bonds is 13. The van der Waals surface area contributed by atoms with Crippen molar-refractivity contribution in [1.82, 2.24) is 0 Å². The van der Waals surface area contributed by atoms with Crippen LogP contribution in [0.4, 0.5) is 0 Å². The Bertz CT molecular complexity index is 347. The summed E-state index contributed by atoms with van der Waals surface area (Å²) in [4.78, 5) is 22.2. The first-order valence-corrected chi connectivity index (χ1v) is 8.40. The highest BCUT2D eigenvalue weighted by Crippen LogP contribution is 2.21. The largest absolute Gasteiger partial charge is 0.481 e. The molecule has 0 aromatic rings. The molecular weight excluding hydrogens is 280 g/mol. The molecule has 1 atom stereocenters. The van der Waals surface area contributed by atoms with Gasteiger partial charge in [-0.1, -0.05) is 45.6 Å². The topological polar surface area (TPSA) is 63.6 Å². The Morgan fingerprint density at radius 1 is 1.14 bits per heavy atom. The summed E-state index contributed by atoms with van der Waals surface area (Å²) in [5, 5.41) is 9.08. The molecule has 4 heteroatoms. The molecule has 1 N–H and O–H groups in total. The molecule has 0 bridgehead atoms. The van der Waals surface area contributed by atoms with Gasteiger partial charge in [-0.15, -0.1) is 0 Å². The molecule has 0 fully saturated rings. The molecule has 0 amide bonds. The van der Waals surface area contributed by atoms with Gasteiger partial charge in [0.15, 0.2) is 0 Å². The van der Waals surface area contributed by atoms with Crippen molar-refractivity contribution in [2.75, 3.05) is 0 Å². The molecule has 0 aromatic carbocycles. The first-order chi connectivity index (χ1) is 10.3. The zero-order valence-electron chi connectivity index (χ0n) is 14.4. The lowest BCUT2D eigenvalue weighted by Crippen LogP contribution is -2.27. The molecule has 128 valence electrons. The van der Waals surface area contributed by atoms with Crippen LogP contribution in [0.1, 0.15) is 78.6 Å². The molecule has 0 aliphatic carbocycles. The summed E-state index contributed by atoms with van der Waals surface area (Å²) >= 11 is 0. The minimum Gasteiger partial charge on any atom is -0.481 e. The van der Waals surface area contributed by atoms with Gasteiger partial charge in [-0.3, -0.25) is 4.79 Å². The van der Waals surface area contributed by atoms with Crippen molar-refractivity contribution < 1.29 is 19.4 Å². The molecule has 0 aromatic heterocycles. The van der Waals surface area contributed by atoms with Crippen LogP contribution in [0.5, 0.6) is 0 Å². The molecule has 22 heavy (non-hydrogen) atoms. The summed E-state index contributed by atoms with van der Waals surface area (Å²) in [5.74, 6) is -1.21. The van der Waals surface area contributed by atoms with Crippen LogP contribution in [-0.4, -0.2) is 22.6 Å². The second-order valence-corrected chi connectivity index (χ2v) is 6.52. The predicted molar refractivity (Wildman–Crippen MR) is 88.7 cm³/mol. The minimum absolute atomic E-state index is 0.178. The number of aliphatic carboxylic acids is 1. The second kappa shape index (κ2) is 11.3. The number of unbranched alkanes of at least 4 members (excludes halogenated alkanes) is 4.